The molecule has 4 rings (SSSR count). The first-order chi connectivity index (χ1) is 15.6. The number of carbonyl (C=O) groups is 1. The van der Waals surface area contributed by atoms with Gasteiger partial charge in [0.1, 0.15) is 17.1 Å². The molecule has 0 saturated heterocycles. The third-order valence-corrected chi connectivity index (χ3v) is 5.66. The number of phenolic OH excluding ortho intramolecular Hbond substituents is 1. The molecule has 0 unspecified atom stereocenters. The molecule has 2 heterocycles. The SMILES string of the molecule is CCCCN1C(=O)c2[nH]nc(-c3ccccc3O)c2[C@@H]1c1ccc(OCC)c(OCC)c1. The average molecular weight is 436 g/mol. The van der Waals surface area contributed by atoms with Crippen molar-refractivity contribution < 1.29 is 19.4 Å². The van der Waals surface area contributed by atoms with E-state index in [1.807, 2.05) is 49.1 Å². The number of aromatic hydroxyl groups is 1. The van der Waals surface area contributed by atoms with Gasteiger partial charge in [0.2, 0.25) is 0 Å². The van der Waals surface area contributed by atoms with E-state index < -0.39 is 0 Å². The molecule has 1 aliphatic heterocycles. The Labute approximate surface area is 188 Å². The van der Waals surface area contributed by atoms with Crippen LogP contribution in [0.3, 0.4) is 0 Å². The van der Waals surface area contributed by atoms with Crippen LogP contribution in [-0.4, -0.2) is 45.9 Å². The van der Waals surface area contributed by atoms with E-state index in [1.165, 1.54) is 0 Å². The highest BCUT2D eigenvalue weighted by atomic mass is 16.5. The van der Waals surface area contributed by atoms with E-state index in [-0.39, 0.29) is 17.7 Å². The van der Waals surface area contributed by atoms with Gasteiger partial charge < -0.3 is 19.5 Å². The van der Waals surface area contributed by atoms with Crippen LogP contribution in [0.1, 0.15) is 61.3 Å². The Morgan fingerprint density at radius 2 is 1.81 bits per heavy atom. The van der Waals surface area contributed by atoms with Crippen LogP contribution in [0.5, 0.6) is 17.2 Å². The molecule has 0 radical (unpaired) electrons. The maximum atomic E-state index is 13.3. The third-order valence-electron chi connectivity index (χ3n) is 5.66. The number of para-hydroxylation sites is 1. The molecule has 0 spiro atoms. The van der Waals surface area contributed by atoms with Gasteiger partial charge in [-0.1, -0.05) is 31.5 Å². The number of benzene rings is 2. The van der Waals surface area contributed by atoms with Gasteiger partial charge in [0, 0.05) is 17.7 Å². The molecule has 0 fully saturated rings. The second kappa shape index (κ2) is 9.34. The number of phenols is 1. The van der Waals surface area contributed by atoms with E-state index in [4.69, 9.17) is 9.47 Å². The molecular formula is C25H29N3O4. The lowest BCUT2D eigenvalue weighted by Crippen LogP contribution is -2.30. The van der Waals surface area contributed by atoms with Gasteiger partial charge >= 0.3 is 0 Å². The summed E-state index contributed by atoms with van der Waals surface area (Å²) in [5.74, 6) is 1.37. The van der Waals surface area contributed by atoms with Crippen LogP contribution in [0.4, 0.5) is 0 Å². The monoisotopic (exact) mass is 435 g/mol. The number of nitrogens with zero attached hydrogens (tertiary/aromatic N) is 2. The summed E-state index contributed by atoms with van der Waals surface area (Å²) in [7, 11) is 0. The fraction of sp³-hybridized carbons (Fsp3) is 0.360. The van der Waals surface area contributed by atoms with Crippen LogP contribution in [0.2, 0.25) is 0 Å². The maximum absolute atomic E-state index is 13.3. The van der Waals surface area contributed by atoms with Crippen molar-refractivity contribution >= 4 is 5.91 Å². The number of nitrogens with one attached hydrogen (secondary N) is 1. The first kappa shape index (κ1) is 21.7. The minimum Gasteiger partial charge on any atom is -0.507 e. The maximum Gasteiger partial charge on any atom is 0.273 e. The number of aromatic amines is 1. The molecule has 32 heavy (non-hydrogen) atoms. The average Bonchev–Trinajstić information content (AvgIpc) is 3.33. The quantitative estimate of drug-likeness (QED) is 0.498. The zero-order valence-electron chi connectivity index (χ0n) is 18.7. The number of rotatable bonds is 9. The molecule has 1 atom stereocenters. The Kier molecular flexibility index (Phi) is 6.35. The summed E-state index contributed by atoms with van der Waals surface area (Å²) in [5.41, 5.74) is 3.34. The van der Waals surface area contributed by atoms with Crippen LogP contribution >= 0.6 is 0 Å². The van der Waals surface area contributed by atoms with Crippen molar-refractivity contribution in [2.75, 3.05) is 19.8 Å². The van der Waals surface area contributed by atoms with Crippen molar-refractivity contribution in [1.29, 1.82) is 0 Å². The van der Waals surface area contributed by atoms with Gasteiger partial charge in [-0.15, -0.1) is 0 Å². The van der Waals surface area contributed by atoms with Crippen molar-refractivity contribution in [2.45, 2.75) is 39.7 Å². The number of unbranched alkanes of at least 4 members (excludes halogenated alkanes) is 1. The third kappa shape index (κ3) is 3.79. The molecule has 1 aromatic heterocycles. The zero-order chi connectivity index (χ0) is 22.7. The molecule has 3 aromatic rings. The van der Waals surface area contributed by atoms with Crippen LogP contribution in [-0.2, 0) is 0 Å². The van der Waals surface area contributed by atoms with E-state index in [0.29, 0.717) is 48.2 Å². The van der Waals surface area contributed by atoms with Crippen molar-refractivity contribution in [2.24, 2.45) is 0 Å². The molecule has 0 aliphatic carbocycles. The molecule has 1 amide bonds. The fourth-order valence-corrected chi connectivity index (χ4v) is 4.22. The molecule has 7 heteroatoms. The molecule has 1 aliphatic rings. The lowest BCUT2D eigenvalue weighted by molar-refractivity contribution is 0.0741. The lowest BCUT2D eigenvalue weighted by Gasteiger charge is -2.27. The molecular weight excluding hydrogens is 406 g/mol. The highest BCUT2D eigenvalue weighted by Gasteiger charge is 2.42. The van der Waals surface area contributed by atoms with Crippen LogP contribution in [0.25, 0.3) is 11.3 Å². The van der Waals surface area contributed by atoms with Crippen LogP contribution in [0, 0.1) is 0 Å². The zero-order valence-corrected chi connectivity index (χ0v) is 18.7. The molecule has 168 valence electrons. The Hall–Kier alpha value is -3.48. The molecule has 0 saturated carbocycles. The van der Waals surface area contributed by atoms with E-state index in [2.05, 4.69) is 17.1 Å². The number of fused-ring (bicyclic) bond motifs is 1. The molecule has 0 bridgehead atoms. The Morgan fingerprint density at radius 3 is 2.53 bits per heavy atom. The summed E-state index contributed by atoms with van der Waals surface area (Å²) >= 11 is 0. The minimum absolute atomic E-state index is 0.0838. The summed E-state index contributed by atoms with van der Waals surface area (Å²) in [5, 5.41) is 17.8. The lowest BCUT2D eigenvalue weighted by atomic mass is 9.95. The first-order valence-corrected chi connectivity index (χ1v) is 11.2. The summed E-state index contributed by atoms with van der Waals surface area (Å²) in [6.45, 7) is 7.63. The highest BCUT2D eigenvalue weighted by molar-refractivity contribution is 6.00. The second-order valence-corrected chi connectivity index (χ2v) is 7.70. The van der Waals surface area contributed by atoms with Crippen LogP contribution in [0.15, 0.2) is 42.5 Å². The number of carbonyl (C=O) groups excluding carboxylic acids is 1. The normalized spacial score (nSPS) is 15.2. The van der Waals surface area contributed by atoms with Crippen molar-refractivity contribution in [3.05, 3.63) is 59.3 Å². The van der Waals surface area contributed by atoms with Crippen molar-refractivity contribution in [3.8, 4) is 28.5 Å². The molecule has 2 aromatic carbocycles. The van der Waals surface area contributed by atoms with Gasteiger partial charge in [-0.25, -0.2) is 0 Å². The number of ether oxygens (including phenoxy) is 2. The van der Waals surface area contributed by atoms with E-state index in [1.54, 1.807) is 12.1 Å². The predicted molar refractivity (Wildman–Crippen MR) is 122 cm³/mol. The van der Waals surface area contributed by atoms with Crippen LogP contribution < -0.4 is 9.47 Å². The number of H-pyrrole nitrogens is 1. The Bertz CT molecular complexity index is 1110. The Balaban J connectivity index is 1.86. The van der Waals surface area contributed by atoms with Gasteiger partial charge in [-0.2, -0.15) is 5.10 Å². The smallest absolute Gasteiger partial charge is 0.273 e. The number of hydrogen-bond acceptors (Lipinski definition) is 5. The second-order valence-electron chi connectivity index (χ2n) is 7.70. The number of hydrogen-bond donors (Lipinski definition) is 2. The summed E-state index contributed by atoms with van der Waals surface area (Å²) in [6, 6.07) is 12.5. The minimum atomic E-state index is -0.340. The number of amides is 1. The van der Waals surface area contributed by atoms with Gasteiger partial charge in [0.05, 0.1) is 19.3 Å². The summed E-state index contributed by atoms with van der Waals surface area (Å²) in [6.07, 6.45) is 1.86. The summed E-state index contributed by atoms with van der Waals surface area (Å²) in [4.78, 5) is 15.2. The van der Waals surface area contributed by atoms with Gasteiger partial charge in [0.15, 0.2) is 11.5 Å². The predicted octanol–water partition coefficient (Wildman–Crippen LogP) is 4.93. The number of aromatic nitrogens is 2. The van der Waals surface area contributed by atoms with Crippen molar-refractivity contribution in [1.82, 2.24) is 15.1 Å². The largest absolute Gasteiger partial charge is 0.507 e. The van der Waals surface area contributed by atoms with Gasteiger partial charge in [0.25, 0.3) is 5.91 Å². The standard InChI is InChI=1S/C25H29N3O4/c1-4-7-14-28-24(16-12-13-19(31-5-2)20(15-16)32-6-3)21-22(26-27-23(21)25(28)30)17-10-8-9-11-18(17)29/h8-13,15,24,29H,4-7,14H2,1-3H3,(H,26,27)/t24-/m0/s1. The van der Waals surface area contributed by atoms with E-state index in [0.717, 1.165) is 24.0 Å². The van der Waals surface area contributed by atoms with Crippen molar-refractivity contribution in [3.63, 3.8) is 0 Å². The molecule has 7 nitrogen and oxygen atoms in total. The fourth-order valence-electron chi connectivity index (χ4n) is 4.22. The topological polar surface area (TPSA) is 87.7 Å². The van der Waals surface area contributed by atoms with Gasteiger partial charge in [-0.05, 0) is 50.1 Å². The first-order valence-electron chi connectivity index (χ1n) is 11.2. The van der Waals surface area contributed by atoms with E-state index in [9.17, 15) is 9.90 Å². The van der Waals surface area contributed by atoms with E-state index >= 15 is 0 Å². The van der Waals surface area contributed by atoms with Gasteiger partial charge in [-0.3, -0.25) is 9.89 Å². The molecule has 2 N–H and O–H groups in total. The summed E-state index contributed by atoms with van der Waals surface area (Å²) < 4.78 is 11.6. The Morgan fingerprint density at radius 1 is 1.06 bits per heavy atom. The highest BCUT2D eigenvalue weighted by Crippen LogP contribution is 2.45.